The molecule has 0 aliphatic carbocycles. The van der Waals surface area contributed by atoms with Gasteiger partial charge in [-0.25, -0.2) is 0 Å². The van der Waals surface area contributed by atoms with E-state index in [0.29, 0.717) is 42.2 Å². The number of aryl methyl sites for hydroxylation is 2. The topological polar surface area (TPSA) is 81.3 Å². The van der Waals surface area contributed by atoms with E-state index < -0.39 is 0 Å². The second-order valence-corrected chi connectivity index (χ2v) is 8.71. The first-order valence-electron chi connectivity index (χ1n) is 10.2. The molecule has 3 heterocycles. The van der Waals surface area contributed by atoms with Gasteiger partial charge in [-0.1, -0.05) is 32.0 Å². The van der Waals surface area contributed by atoms with Gasteiger partial charge >= 0.3 is 0 Å². The number of fused-ring (bicyclic) bond motifs is 3. The van der Waals surface area contributed by atoms with E-state index in [-0.39, 0.29) is 11.5 Å². The van der Waals surface area contributed by atoms with Crippen LogP contribution in [0.1, 0.15) is 38.9 Å². The van der Waals surface area contributed by atoms with Gasteiger partial charge in [-0.05, 0) is 42.3 Å². The van der Waals surface area contributed by atoms with E-state index >= 15 is 0 Å². The van der Waals surface area contributed by atoms with Crippen molar-refractivity contribution in [1.29, 1.82) is 0 Å². The van der Waals surface area contributed by atoms with Gasteiger partial charge in [0.1, 0.15) is 10.5 Å². The van der Waals surface area contributed by atoms with E-state index in [0.717, 1.165) is 23.4 Å². The first-order valence-corrected chi connectivity index (χ1v) is 11.1. The number of anilines is 1. The van der Waals surface area contributed by atoms with Gasteiger partial charge in [-0.3, -0.25) is 18.6 Å². The summed E-state index contributed by atoms with van der Waals surface area (Å²) in [5.74, 6) is 1.82. The highest BCUT2D eigenvalue weighted by Crippen LogP contribution is 2.21. The number of rotatable bonds is 8. The number of para-hydroxylation sites is 1. The number of carbonyl (C=O) groups is 1. The van der Waals surface area contributed by atoms with Gasteiger partial charge in [-0.15, -0.1) is 21.5 Å². The molecule has 3 aromatic heterocycles. The molecule has 1 N–H and O–H groups in total. The van der Waals surface area contributed by atoms with E-state index in [1.54, 1.807) is 4.57 Å². The van der Waals surface area contributed by atoms with E-state index in [9.17, 15) is 9.59 Å². The van der Waals surface area contributed by atoms with E-state index in [1.807, 2.05) is 46.2 Å². The highest BCUT2D eigenvalue weighted by molar-refractivity contribution is 7.17. The van der Waals surface area contributed by atoms with Crippen molar-refractivity contribution in [3.05, 3.63) is 58.0 Å². The van der Waals surface area contributed by atoms with Crippen LogP contribution in [-0.2, 0) is 17.8 Å². The van der Waals surface area contributed by atoms with Crippen LogP contribution < -0.4 is 10.9 Å². The van der Waals surface area contributed by atoms with Crippen molar-refractivity contribution in [3.63, 3.8) is 0 Å². The summed E-state index contributed by atoms with van der Waals surface area (Å²) >= 11 is 1.45. The molecular formula is C22H25N5O2S. The molecule has 1 aromatic carbocycles. The summed E-state index contributed by atoms with van der Waals surface area (Å²) in [4.78, 5) is 25.2. The van der Waals surface area contributed by atoms with E-state index in [4.69, 9.17) is 0 Å². The predicted molar refractivity (Wildman–Crippen MR) is 120 cm³/mol. The maximum Gasteiger partial charge on any atom is 0.272 e. The number of nitrogens with one attached hydrogen (secondary N) is 1. The summed E-state index contributed by atoms with van der Waals surface area (Å²) in [6.45, 7) is 4.90. The maximum atomic E-state index is 12.9. The van der Waals surface area contributed by atoms with Crippen molar-refractivity contribution >= 4 is 38.9 Å². The van der Waals surface area contributed by atoms with Gasteiger partial charge in [0, 0.05) is 25.1 Å². The number of amides is 1. The Morgan fingerprint density at radius 2 is 1.97 bits per heavy atom. The molecule has 0 bridgehead atoms. The number of aromatic nitrogens is 4. The standard InChI is InChI=1S/C22H25N5O2S/c1-15(2)11-13-26-21(29)20-17(12-14-30-20)27-18(24-25-22(26)27)9-6-10-19(28)23-16-7-4-3-5-8-16/h3-5,7-8,12,14-15H,6,9-11,13H2,1-2H3,(H,23,28). The molecule has 0 aliphatic heterocycles. The molecule has 0 atom stereocenters. The Balaban J connectivity index is 1.55. The zero-order valence-corrected chi connectivity index (χ0v) is 18.0. The zero-order chi connectivity index (χ0) is 21.1. The minimum absolute atomic E-state index is 0.00524. The van der Waals surface area contributed by atoms with Crippen molar-refractivity contribution in [2.45, 2.75) is 46.1 Å². The van der Waals surface area contributed by atoms with Crippen LogP contribution in [-0.4, -0.2) is 25.1 Å². The molecular weight excluding hydrogens is 398 g/mol. The molecule has 0 spiro atoms. The molecule has 0 fully saturated rings. The summed E-state index contributed by atoms with van der Waals surface area (Å²) in [7, 11) is 0. The molecule has 156 valence electrons. The Morgan fingerprint density at radius 1 is 1.17 bits per heavy atom. The Labute approximate surface area is 178 Å². The lowest BCUT2D eigenvalue weighted by Crippen LogP contribution is -2.23. The summed E-state index contributed by atoms with van der Waals surface area (Å²) in [6.07, 6.45) is 2.55. The number of hydrogen-bond acceptors (Lipinski definition) is 5. The van der Waals surface area contributed by atoms with Crippen LogP contribution in [0.5, 0.6) is 0 Å². The van der Waals surface area contributed by atoms with Crippen LogP contribution in [0.4, 0.5) is 5.69 Å². The third-order valence-corrected chi connectivity index (χ3v) is 5.96. The monoisotopic (exact) mass is 423 g/mol. The lowest BCUT2D eigenvalue weighted by Gasteiger charge is -2.11. The van der Waals surface area contributed by atoms with Crippen molar-refractivity contribution < 1.29 is 4.79 Å². The number of benzene rings is 1. The molecule has 7 nitrogen and oxygen atoms in total. The largest absolute Gasteiger partial charge is 0.326 e. The molecule has 30 heavy (non-hydrogen) atoms. The smallest absolute Gasteiger partial charge is 0.272 e. The first-order chi connectivity index (χ1) is 14.5. The number of thiophene rings is 1. The average Bonchev–Trinajstić information content (AvgIpc) is 3.36. The average molecular weight is 424 g/mol. The highest BCUT2D eigenvalue weighted by Gasteiger charge is 2.17. The SMILES string of the molecule is CC(C)CCn1c(=O)c2sccc2n2c(CCCC(=O)Nc3ccccc3)nnc12. The zero-order valence-electron chi connectivity index (χ0n) is 17.2. The number of nitrogens with zero attached hydrogens (tertiary/aromatic N) is 4. The highest BCUT2D eigenvalue weighted by atomic mass is 32.1. The Bertz CT molecular complexity index is 1220. The second-order valence-electron chi connectivity index (χ2n) is 7.79. The van der Waals surface area contributed by atoms with E-state index in [2.05, 4.69) is 29.4 Å². The quantitative estimate of drug-likeness (QED) is 0.462. The van der Waals surface area contributed by atoms with Gasteiger partial charge in [0.25, 0.3) is 5.56 Å². The molecule has 4 aromatic rings. The van der Waals surface area contributed by atoms with Crippen molar-refractivity contribution in [2.75, 3.05) is 5.32 Å². The Kier molecular flexibility index (Phi) is 5.94. The fourth-order valence-electron chi connectivity index (χ4n) is 3.48. The Hall–Kier alpha value is -3.00. The van der Waals surface area contributed by atoms with Crippen LogP contribution in [0.15, 0.2) is 46.6 Å². The minimum atomic E-state index is -0.0236. The molecule has 1 amide bonds. The molecule has 0 unspecified atom stereocenters. The van der Waals surface area contributed by atoms with Gasteiger partial charge in [0.15, 0.2) is 0 Å². The fourth-order valence-corrected chi connectivity index (χ4v) is 4.31. The van der Waals surface area contributed by atoms with Crippen LogP contribution in [0.25, 0.3) is 16.0 Å². The van der Waals surface area contributed by atoms with Crippen molar-refractivity contribution in [3.8, 4) is 0 Å². The van der Waals surface area contributed by atoms with Gasteiger partial charge < -0.3 is 5.32 Å². The molecule has 0 saturated heterocycles. The van der Waals surface area contributed by atoms with Gasteiger partial charge in [0.2, 0.25) is 11.7 Å². The number of hydrogen-bond donors (Lipinski definition) is 1. The molecule has 8 heteroatoms. The second kappa shape index (κ2) is 8.79. The normalized spacial score (nSPS) is 11.6. The third-order valence-electron chi connectivity index (χ3n) is 5.07. The summed E-state index contributed by atoms with van der Waals surface area (Å²) in [5, 5.41) is 13.5. The summed E-state index contributed by atoms with van der Waals surface area (Å²) in [6, 6.07) is 11.4. The summed E-state index contributed by atoms with van der Waals surface area (Å²) in [5.41, 5.74) is 1.63. The van der Waals surface area contributed by atoms with Gasteiger partial charge in [0.05, 0.1) is 5.52 Å². The van der Waals surface area contributed by atoms with Crippen molar-refractivity contribution in [1.82, 2.24) is 19.2 Å². The molecule has 0 aliphatic rings. The van der Waals surface area contributed by atoms with Crippen molar-refractivity contribution in [2.24, 2.45) is 5.92 Å². The summed E-state index contributed by atoms with van der Waals surface area (Å²) < 4.78 is 4.43. The minimum Gasteiger partial charge on any atom is -0.326 e. The molecule has 4 rings (SSSR count). The lowest BCUT2D eigenvalue weighted by atomic mass is 10.1. The third kappa shape index (κ3) is 4.14. The lowest BCUT2D eigenvalue weighted by molar-refractivity contribution is -0.116. The van der Waals surface area contributed by atoms with E-state index in [1.165, 1.54) is 11.3 Å². The fraction of sp³-hybridized carbons (Fsp3) is 0.364. The van der Waals surface area contributed by atoms with Crippen LogP contribution in [0, 0.1) is 5.92 Å². The van der Waals surface area contributed by atoms with Gasteiger partial charge in [-0.2, -0.15) is 0 Å². The molecule has 0 saturated carbocycles. The van der Waals surface area contributed by atoms with Crippen LogP contribution in [0.2, 0.25) is 0 Å². The van der Waals surface area contributed by atoms with Crippen LogP contribution in [0.3, 0.4) is 0 Å². The number of carbonyl (C=O) groups excluding carboxylic acids is 1. The maximum absolute atomic E-state index is 12.9. The molecule has 0 radical (unpaired) electrons. The first kappa shape index (κ1) is 20.3. The predicted octanol–water partition coefficient (Wildman–Crippen LogP) is 4.11. The Morgan fingerprint density at radius 3 is 2.73 bits per heavy atom. The van der Waals surface area contributed by atoms with Crippen LogP contribution >= 0.6 is 11.3 Å².